The molecule has 0 aliphatic carbocycles. The van der Waals surface area contributed by atoms with Gasteiger partial charge in [-0.25, -0.2) is 4.98 Å². The topological polar surface area (TPSA) is 126 Å². The number of fused-ring (bicyclic) bond motifs is 1. The quantitative estimate of drug-likeness (QED) is 0.322. The Bertz CT molecular complexity index is 1240. The van der Waals surface area contributed by atoms with E-state index in [0.29, 0.717) is 15.3 Å². The molecule has 0 saturated carbocycles. The Labute approximate surface area is 202 Å². The lowest BCUT2D eigenvalue weighted by Gasteiger charge is -2.13. The zero-order valence-corrected chi connectivity index (χ0v) is 20.0. The van der Waals surface area contributed by atoms with Crippen LogP contribution in [0.4, 0.5) is 0 Å². The highest BCUT2D eigenvalue weighted by molar-refractivity contribution is 9.10. The Morgan fingerprint density at radius 1 is 1.12 bits per heavy atom. The first-order valence-corrected chi connectivity index (χ1v) is 11.7. The molecule has 0 atom stereocenters. The maximum Gasteiger partial charge on any atom is 0.325 e. The van der Waals surface area contributed by atoms with E-state index in [1.807, 2.05) is 34.9 Å². The van der Waals surface area contributed by atoms with Crippen LogP contribution in [-0.4, -0.2) is 52.8 Å². The molecule has 9 nitrogen and oxygen atoms in total. The summed E-state index contributed by atoms with van der Waals surface area (Å²) in [5.41, 5.74) is 1.38. The summed E-state index contributed by atoms with van der Waals surface area (Å²) in [4.78, 5) is 39.6. The van der Waals surface area contributed by atoms with Crippen LogP contribution in [0.1, 0.15) is 12.5 Å². The van der Waals surface area contributed by atoms with Gasteiger partial charge in [-0.15, -0.1) is 0 Å². The highest BCUT2D eigenvalue weighted by Crippen LogP contribution is 2.32. The number of carbonyl (C=O) groups excluding carboxylic acids is 3. The average Bonchev–Trinajstić information content (AvgIpc) is 3.19. The first-order valence-electron chi connectivity index (χ1n) is 9.91. The van der Waals surface area contributed by atoms with Crippen molar-refractivity contribution in [2.24, 2.45) is 0 Å². The number of hydrogen-bond acceptors (Lipinski definition) is 7. The summed E-state index contributed by atoms with van der Waals surface area (Å²) in [5, 5.41) is 16.6. The minimum Gasteiger partial charge on any atom is -0.465 e. The molecule has 0 aliphatic rings. The van der Waals surface area contributed by atoms with Crippen molar-refractivity contribution in [3.63, 3.8) is 0 Å². The number of carbonyl (C=O) groups is 3. The van der Waals surface area contributed by atoms with E-state index in [4.69, 9.17) is 4.74 Å². The summed E-state index contributed by atoms with van der Waals surface area (Å²) in [7, 11) is 0. The van der Waals surface area contributed by atoms with E-state index >= 15 is 0 Å². The molecule has 3 aromatic rings. The van der Waals surface area contributed by atoms with Crippen LogP contribution in [0.25, 0.3) is 16.5 Å². The van der Waals surface area contributed by atoms with Crippen LogP contribution < -0.4 is 10.6 Å². The van der Waals surface area contributed by atoms with Crippen molar-refractivity contribution in [2.75, 3.05) is 25.4 Å². The molecule has 1 heterocycles. The molecular weight excluding hydrogens is 510 g/mol. The maximum atomic E-state index is 12.2. The van der Waals surface area contributed by atoms with Crippen molar-refractivity contribution >= 4 is 56.2 Å². The predicted octanol–water partition coefficient (Wildman–Crippen LogP) is 2.55. The molecule has 2 amide bonds. The van der Waals surface area contributed by atoms with Gasteiger partial charge in [0.25, 0.3) is 0 Å². The summed E-state index contributed by atoms with van der Waals surface area (Å²) in [5.74, 6) is -1.36. The minimum absolute atomic E-state index is 0.0306. The molecule has 2 aromatic carbocycles. The molecular formula is C22H20BrN5O4S. The van der Waals surface area contributed by atoms with Crippen molar-refractivity contribution in [3.05, 3.63) is 52.8 Å². The Balaban J connectivity index is 1.65. The monoisotopic (exact) mass is 529 g/mol. The number of imidazole rings is 1. The molecule has 0 fully saturated rings. The van der Waals surface area contributed by atoms with E-state index in [1.165, 1.54) is 11.8 Å². The summed E-state index contributed by atoms with van der Waals surface area (Å²) >= 11 is 4.71. The van der Waals surface area contributed by atoms with Crippen LogP contribution in [-0.2, 0) is 19.1 Å². The number of ether oxygens (including phenoxy) is 1. The van der Waals surface area contributed by atoms with E-state index in [0.717, 1.165) is 16.5 Å². The van der Waals surface area contributed by atoms with E-state index in [9.17, 15) is 19.6 Å². The predicted molar refractivity (Wildman–Crippen MR) is 127 cm³/mol. The second kappa shape index (κ2) is 11.5. The van der Waals surface area contributed by atoms with Crippen LogP contribution in [0, 0.1) is 11.3 Å². The second-order valence-electron chi connectivity index (χ2n) is 6.64. The summed E-state index contributed by atoms with van der Waals surface area (Å²) < 4.78 is 7.27. The second-order valence-corrected chi connectivity index (χ2v) is 8.39. The van der Waals surface area contributed by atoms with Gasteiger partial charge in [0.2, 0.25) is 11.8 Å². The number of nitrogens with zero attached hydrogens (tertiary/aromatic N) is 3. The number of amides is 2. The number of halogens is 1. The molecule has 3 rings (SSSR count). The van der Waals surface area contributed by atoms with Crippen molar-refractivity contribution in [2.45, 2.75) is 12.1 Å². The van der Waals surface area contributed by atoms with Crippen LogP contribution in [0.2, 0.25) is 0 Å². The number of aromatic nitrogens is 2. The normalized spacial score (nSPS) is 10.5. The van der Waals surface area contributed by atoms with Gasteiger partial charge in [0.05, 0.1) is 42.4 Å². The first-order chi connectivity index (χ1) is 15.9. The van der Waals surface area contributed by atoms with Crippen molar-refractivity contribution in [1.29, 1.82) is 5.26 Å². The SMILES string of the molecule is CCOC(=O)CNC(=O)CNC(=O)CSc1ncc(Br)n1-c1ccc(C#N)c2ccccc12. The van der Waals surface area contributed by atoms with Gasteiger partial charge in [-0.1, -0.05) is 36.0 Å². The highest BCUT2D eigenvalue weighted by atomic mass is 79.9. The molecule has 33 heavy (non-hydrogen) atoms. The summed E-state index contributed by atoms with van der Waals surface area (Å²) in [6.07, 6.45) is 1.63. The van der Waals surface area contributed by atoms with Gasteiger partial charge >= 0.3 is 5.97 Å². The smallest absolute Gasteiger partial charge is 0.325 e. The van der Waals surface area contributed by atoms with Crippen molar-refractivity contribution in [1.82, 2.24) is 20.2 Å². The summed E-state index contributed by atoms with van der Waals surface area (Å²) in [6.45, 7) is 1.40. The van der Waals surface area contributed by atoms with Crippen LogP contribution in [0.3, 0.4) is 0 Å². The number of thioether (sulfide) groups is 1. The number of rotatable bonds is 9. The van der Waals surface area contributed by atoms with E-state index in [-0.39, 0.29) is 31.4 Å². The summed E-state index contributed by atoms with van der Waals surface area (Å²) in [6, 6.07) is 13.4. The van der Waals surface area contributed by atoms with Crippen molar-refractivity contribution < 1.29 is 19.1 Å². The van der Waals surface area contributed by atoms with Gasteiger partial charge in [0.15, 0.2) is 5.16 Å². The fraction of sp³-hybridized carbons (Fsp3) is 0.227. The lowest BCUT2D eigenvalue weighted by atomic mass is 10.0. The molecule has 11 heteroatoms. The standard InChI is InChI=1S/C22H20BrN5O4S/c1-2-32-21(31)12-26-19(29)11-25-20(30)13-33-22-27-10-18(23)28(22)17-8-7-14(9-24)15-5-3-4-6-16(15)17/h3-8,10H,2,11-13H2,1H3,(H,25,30)(H,26,29). The van der Waals surface area contributed by atoms with Crippen molar-refractivity contribution in [3.8, 4) is 11.8 Å². The molecule has 0 unspecified atom stereocenters. The largest absolute Gasteiger partial charge is 0.465 e. The number of esters is 1. The lowest BCUT2D eigenvalue weighted by molar-refractivity contribution is -0.143. The first kappa shape index (κ1) is 24.3. The molecule has 0 radical (unpaired) electrons. The van der Waals surface area contributed by atoms with E-state index < -0.39 is 11.9 Å². The molecule has 0 spiro atoms. The number of hydrogen-bond donors (Lipinski definition) is 2. The van der Waals surface area contributed by atoms with Crippen LogP contribution >= 0.6 is 27.7 Å². The fourth-order valence-electron chi connectivity index (χ4n) is 3.02. The van der Waals surface area contributed by atoms with Gasteiger partial charge < -0.3 is 15.4 Å². The Kier molecular flexibility index (Phi) is 8.46. The van der Waals surface area contributed by atoms with Gasteiger partial charge in [0.1, 0.15) is 11.1 Å². The van der Waals surface area contributed by atoms with Crippen LogP contribution in [0.15, 0.2) is 52.4 Å². The van der Waals surface area contributed by atoms with Gasteiger partial charge in [-0.05, 0) is 35.0 Å². The Morgan fingerprint density at radius 2 is 1.85 bits per heavy atom. The molecule has 0 saturated heterocycles. The zero-order valence-electron chi connectivity index (χ0n) is 17.6. The molecule has 170 valence electrons. The Morgan fingerprint density at radius 3 is 2.58 bits per heavy atom. The van der Waals surface area contributed by atoms with Gasteiger partial charge in [-0.3, -0.25) is 19.0 Å². The molecule has 1 aromatic heterocycles. The van der Waals surface area contributed by atoms with Gasteiger partial charge in [-0.2, -0.15) is 5.26 Å². The van der Waals surface area contributed by atoms with Gasteiger partial charge in [0, 0.05) is 10.8 Å². The van der Waals surface area contributed by atoms with E-state index in [1.54, 1.807) is 19.2 Å². The minimum atomic E-state index is -0.541. The average molecular weight is 530 g/mol. The zero-order chi connectivity index (χ0) is 23.8. The third kappa shape index (κ3) is 6.12. The van der Waals surface area contributed by atoms with E-state index in [2.05, 4.69) is 37.6 Å². The third-order valence-corrected chi connectivity index (χ3v) is 5.97. The maximum absolute atomic E-state index is 12.2. The van der Waals surface area contributed by atoms with Crippen LogP contribution in [0.5, 0.6) is 0 Å². The number of nitriles is 1. The number of nitrogens with one attached hydrogen (secondary N) is 2. The Hall–Kier alpha value is -3.36. The lowest BCUT2D eigenvalue weighted by Crippen LogP contribution is -2.40. The molecule has 0 aliphatic heterocycles. The molecule has 0 bridgehead atoms. The third-order valence-electron chi connectivity index (χ3n) is 4.46. The highest BCUT2D eigenvalue weighted by Gasteiger charge is 2.16. The fourth-order valence-corrected chi connectivity index (χ4v) is 4.41. The molecule has 2 N–H and O–H groups in total. The number of benzene rings is 2.